The molecule has 0 amide bonds. The summed E-state index contributed by atoms with van der Waals surface area (Å²) in [5.41, 5.74) is 4.36. The van der Waals surface area contributed by atoms with Gasteiger partial charge in [-0.25, -0.2) is 0 Å². The van der Waals surface area contributed by atoms with Crippen LogP contribution in [0, 0.1) is 17.2 Å². The number of carbonyl (C=O) groups excluding carboxylic acids is 1. The number of hydrogen-bond acceptors (Lipinski definition) is 3. The molecule has 2 aromatic rings. The first-order valence-corrected chi connectivity index (χ1v) is 11.5. The zero-order valence-corrected chi connectivity index (χ0v) is 18.3. The zero-order valence-electron chi connectivity index (χ0n) is 18.3. The highest BCUT2D eigenvalue weighted by atomic mass is 16.5. The minimum atomic E-state index is -0.192. The van der Waals surface area contributed by atoms with Crippen molar-refractivity contribution in [3.8, 4) is 11.8 Å². The zero-order chi connectivity index (χ0) is 21.3. The number of nitriles is 1. The van der Waals surface area contributed by atoms with E-state index in [1.165, 1.54) is 24.0 Å². The Morgan fingerprint density at radius 1 is 0.967 bits per heavy atom. The maximum absolute atomic E-state index is 12.7. The first kappa shape index (κ1) is 22.1. The molecule has 30 heavy (non-hydrogen) atoms. The number of benzene rings is 2. The van der Waals surface area contributed by atoms with E-state index in [1.807, 2.05) is 12.1 Å². The molecule has 1 saturated carbocycles. The van der Waals surface area contributed by atoms with Crippen molar-refractivity contribution in [2.45, 2.75) is 77.6 Å². The Kier molecular flexibility index (Phi) is 8.08. The number of carbonyl (C=O) groups is 1. The van der Waals surface area contributed by atoms with Gasteiger partial charge >= 0.3 is 5.97 Å². The highest BCUT2D eigenvalue weighted by Crippen LogP contribution is 2.37. The summed E-state index contributed by atoms with van der Waals surface area (Å²) in [6, 6.07) is 16.8. The van der Waals surface area contributed by atoms with Gasteiger partial charge in [0.25, 0.3) is 0 Å². The van der Waals surface area contributed by atoms with E-state index in [0.717, 1.165) is 50.5 Å². The number of ether oxygens (including phenoxy) is 1. The molecule has 0 radical (unpaired) electrons. The van der Waals surface area contributed by atoms with Crippen LogP contribution >= 0.6 is 0 Å². The van der Waals surface area contributed by atoms with Gasteiger partial charge in [0.2, 0.25) is 0 Å². The largest absolute Gasteiger partial charge is 0.425 e. The Labute approximate surface area is 181 Å². The summed E-state index contributed by atoms with van der Waals surface area (Å²) in [6.45, 7) is 4.33. The van der Waals surface area contributed by atoms with Gasteiger partial charge in [0.05, 0.1) is 11.5 Å². The fraction of sp³-hybridized carbons (Fsp3) is 0.481. The lowest BCUT2D eigenvalue weighted by atomic mass is 9.78. The molecule has 0 N–H and O–H groups in total. The van der Waals surface area contributed by atoms with Crippen LogP contribution < -0.4 is 4.74 Å². The normalized spacial score (nSPS) is 18.6. The number of nitrogens with zero attached hydrogens (tertiary/aromatic N) is 1. The first-order valence-electron chi connectivity index (χ1n) is 11.5. The van der Waals surface area contributed by atoms with Crippen LogP contribution in [-0.2, 0) is 17.6 Å². The predicted molar refractivity (Wildman–Crippen MR) is 121 cm³/mol. The molecule has 1 fully saturated rings. The van der Waals surface area contributed by atoms with Crippen LogP contribution in [0.5, 0.6) is 5.75 Å². The number of esters is 1. The average molecular weight is 404 g/mol. The lowest BCUT2D eigenvalue weighted by molar-refractivity contribution is -0.140. The number of aryl methyl sites for hydroxylation is 2. The van der Waals surface area contributed by atoms with E-state index in [9.17, 15) is 10.1 Å². The average Bonchev–Trinajstić information content (AvgIpc) is 2.79. The van der Waals surface area contributed by atoms with Crippen LogP contribution in [0.1, 0.15) is 87.0 Å². The topological polar surface area (TPSA) is 50.1 Å². The Morgan fingerprint density at radius 3 is 2.30 bits per heavy atom. The fourth-order valence-electron chi connectivity index (χ4n) is 4.39. The van der Waals surface area contributed by atoms with Crippen molar-refractivity contribution in [1.82, 2.24) is 0 Å². The molecule has 0 aliphatic heterocycles. The molecule has 0 aromatic heterocycles. The maximum Gasteiger partial charge on any atom is 0.314 e. The summed E-state index contributed by atoms with van der Waals surface area (Å²) < 4.78 is 5.64. The van der Waals surface area contributed by atoms with E-state index < -0.39 is 0 Å². The summed E-state index contributed by atoms with van der Waals surface area (Å²) in [7, 11) is 0. The van der Waals surface area contributed by atoms with Gasteiger partial charge in [-0.2, -0.15) is 5.26 Å². The molecule has 0 saturated heterocycles. The quantitative estimate of drug-likeness (QED) is 0.362. The highest BCUT2D eigenvalue weighted by molar-refractivity contribution is 5.76. The van der Waals surface area contributed by atoms with Crippen molar-refractivity contribution in [3.05, 3.63) is 64.7 Å². The minimum Gasteiger partial charge on any atom is -0.425 e. The van der Waals surface area contributed by atoms with Crippen LogP contribution in [0.15, 0.2) is 42.5 Å². The summed E-state index contributed by atoms with van der Waals surface area (Å²) in [5.74, 6) is 0.652. The lowest BCUT2D eigenvalue weighted by Crippen LogP contribution is -2.25. The van der Waals surface area contributed by atoms with E-state index in [2.05, 4.69) is 44.2 Å². The summed E-state index contributed by atoms with van der Waals surface area (Å²) in [5, 5.41) is 9.42. The van der Waals surface area contributed by atoms with Crippen molar-refractivity contribution in [1.29, 1.82) is 5.26 Å². The summed E-state index contributed by atoms with van der Waals surface area (Å²) in [4.78, 5) is 12.7. The summed E-state index contributed by atoms with van der Waals surface area (Å²) in [6.07, 6.45) is 9.26. The Balaban J connectivity index is 1.55. The number of hydrogen-bond donors (Lipinski definition) is 0. The Morgan fingerprint density at radius 2 is 1.67 bits per heavy atom. The third-order valence-corrected chi connectivity index (χ3v) is 6.24. The third kappa shape index (κ3) is 5.72. The molecule has 0 spiro atoms. The third-order valence-electron chi connectivity index (χ3n) is 6.24. The van der Waals surface area contributed by atoms with Crippen molar-refractivity contribution >= 4 is 5.97 Å². The van der Waals surface area contributed by atoms with Crippen LogP contribution in [0.3, 0.4) is 0 Å². The van der Waals surface area contributed by atoms with Gasteiger partial charge in [-0.1, -0.05) is 57.0 Å². The van der Waals surface area contributed by atoms with Gasteiger partial charge < -0.3 is 4.74 Å². The van der Waals surface area contributed by atoms with E-state index >= 15 is 0 Å². The maximum atomic E-state index is 12.7. The second-order valence-electron chi connectivity index (χ2n) is 8.51. The van der Waals surface area contributed by atoms with Crippen molar-refractivity contribution in [2.75, 3.05) is 0 Å². The molecule has 1 aliphatic rings. The van der Waals surface area contributed by atoms with Gasteiger partial charge in [0, 0.05) is 0 Å². The second-order valence-corrected chi connectivity index (χ2v) is 8.51. The second kappa shape index (κ2) is 11.0. The molecule has 2 aromatic carbocycles. The van der Waals surface area contributed by atoms with Crippen molar-refractivity contribution < 1.29 is 9.53 Å². The molecule has 0 bridgehead atoms. The smallest absolute Gasteiger partial charge is 0.314 e. The fourth-order valence-corrected chi connectivity index (χ4v) is 4.39. The minimum absolute atomic E-state index is 0.0769. The van der Waals surface area contributed by atoms with Crippen LogP contribution in [-0.4, -0.2) is 5.97 Å². The van der Waals surface area contributed by atoms with E-state index in [-0.39, 0.29) is 11.9 Å². The van der Waals surface area contributed by atoms with E-state index in [0.29, 0.717) is 17.2 Å². The van der Waals surface area contributed by atoms with Crippen molar-refractivity contribution in [2.24, 2.45) is 5.92 Å². The number of rotatable bonds is 8. The van der Waals surface area contributed by atoms with E-state index in [4.69, 9.17) is 4.74 Å². The lowest BCUT2D eigenvalue weighted by Gasteiger charge is -2.27. The molecule has 1 aliphatic carbocycles. The molecule has 3 heteroatoms. The summed E-state index contributed by atoms with van der Waals surface area (Å²) >= 11 is 0. The molecule has 3 rings (SSSR count). The van der Waals surface area contributed by atoms with Crippen LogP contribution in [0.4, 0.5) is 0 Å². The molecule has 158 valence electrons. The van der Waals surface area contributed by atoms with E-state index in [1.54, 1.807) is 6.07 Å². The predicted octanol–water partition coefficient (Wildman–Crippen LogP) is 6.73. The van der Waals surface area contributed by atoms with Crippen LogP contribution in [0.2, 0.25) is 0 Å². The molecule has 0 atom stereocenters. The molecular formula is C27H33NO2. The van der Waals surface area contributed by atoms with Gasteiger partial charge in [0.1, 0.15) is 11.8 Å². The Hall–Kier alpha value is -2.60. The molecular weight excluding hydrogens is 370 g/mol. The molecule has 0 unspecified atom stereocenters. The van der Waals surface area contributed by atoms with Gasteiger partial charge in [0.15, 0.2) is 0 Å². The van der Waals surface area contributed by atoms with Gasteiger partial charge in [-0.05, 0) is 79.7 Å². The van der Waals surface area contributed by atoms with Crippen LogP contribution in [0.25, 0.3) is 0 Å². The van der Waals surface area contributed by atoms with Gasteiger partial charge in [-0.15, -0.1) is 0 Å². The van der Waals surface area contributed by atoms with Gasteiger partial charge in [-0.3, -0.25) is 4.79 Å². The standard InChI is InChI=1S/C27H33NO2/c1-3-5-7-20-8-11-22(12-9-20)23-13-15-24(16-14-23)27(29)30-26-17-10-21(6-4-2)18-25(26)19-28/h8-12,17-18,23-24H,3-7,13-16H2,1-2H3. The highest BCUT2D eigenvalue weighted by Gasteiger charge is 2.29. The monoisotopic (exact) mass is 403 g/mol. The SMILES string of the molecule is CCCCc1ccc(C2CCC(C(=O)Oc3ccc(CCC)cc3C#N)CC2)cc1. The molecule has 3 nitrogen and oxygen atoms in total. The van der Waals surface area contributed by atoms with Crippen molar-refractivity contribution in [3.63, 3.8) is 0 Å². The number of unbranched alkanes of at least 4 members (excludes halogenated alkanes) is 1. The first-order chi connectivity index (χ1) is 14.6. The molecule has 0 heterocycles. The Bertz CT molecular complexity index is 871.